The molecule has 1 aliphatic rings. The Morgan fingerprint density at radius 2 is 1.37 bits per heavy atom. The number of carbonyl (C=O) groups is 5. The van der Waals surface area contributed by atoms with Crippen molar-refractivity contribution < 1.29 is 42.8 Å². The van der Waals surface area contributed by atoms with Crippen molar-refractivity contribution in [2.75, 3.05) is 20.2 Å². The fourth-order valence-electron chi connectivity index (χ4n) is 6.07. The van der Waals surface area contributed by atoms with Gasteiger partial charge in [-0.25, -0.2) is 4.57 Å². The van der Waals surface area contributed by atoms with Crippen LogP contribution in [0.3, 0.4) is 0 Å². The highest BCUT2D eigenvalue weighted by molar-refractivity contribution is 7.46. The van der Waals surface area contributed by atoms with Gasteiger partial charge < -0.3 is 47.8 Å². The molecule has 0 saturated carbocycles. The van der Waals surface area contributed by atoms with Crippen LogP contribution in [0.4, 0.5) is 0 Å². The van der Waals surface area contributed by atoms with Crippen LogP contribution in [-0.2, 0) is 45.9 Å². The molecule has 0 unspecified atom stereocenters. The summed E-state index contributed by atoms with van der Waals surface area (Å²) in [5, 5.41) is 13.5. The summed E-state index contributed by atoms with van der Waals surface area (Å²) < 4.78 is 16.6. The van der Waals surface area contributed by atoms with Crippen LogP contribution in [0.1, 0.15) is 56.6 Å². The number of nitrogens with zero attached hydrogens (tertiary/aromatic N) is 1. The molecule has 0 bridgehead atoms. The summed E-state index contributed by atoms with van der Waals surface area (Å²) in [6.45, 7) is 0.924. The van der Waals surface area contributed by atoms with Crippen molar-refractivity contribution in [3.63, 3.8) is 0 Å². The van der Waals surface area contributed by atoms with Crippen LogP contribution < -0.4 is 38.1 Å². The van der Waals surface area contributed by atoms with Crippen molar-refractivity contribution in [2.45, 2.75) is 82.5 Å². The van der Waals surface area contributed by atoms with Gasteiger partial charge in [-0.05, 0) is 49.7 Å². The monoisotopic (exact) mass is 770 g/mol. The lowest BCUT2D eigenvalue weighted by atomic mass is 10.00. The van der Waals surface area contributed by atoms with Crippen molar-refractivity contribution in [3.8, 4) is 0 Å². The molecule has 0 heterocycles. The predicted octanol–water partition coefficient (Wildman–Crippen LogP) is 0.210. The Bertz CT molecular complexity index is 1700. The van der Waals surface area contributed by atoms with E-state index in [0.29, 0.717) is 42.4 Å². The van der Waals surface area contributed by atoms with Gasteiger partial charge in [0.15, 0.2) is 5.96 Å². The second-order valence-corrected chi connectivity index (χ2v) is 14.2. The van der Waals surface area contributed by atoms with Gasteiger partial charge in [-0.1, -0.05) is 66.2 Å². The number of guanidine groups is 1. The number of phosphoric ester groups is 1. The predicted molar refractivity (Wildman–Crippen MR) is 201 cm³/mol. The smallest absolute Gasteiger partial charge is 0.370 e. The van der Waals surface area contributed by atoms with E-state index in [0.717, 1.165) is 5.56 Å². The number of phosphoric acid groups is 1. The Morgan fingerprint density at radius 1 is 0.796 bits per heavy atom. The fourth-order valence-corrected chi connectivity index (χ4v) is 6.45. The average molecular weight is 771 g/mol. The molecule has 0 aliphatic heterocycles. The Morgan fingerprint density at radius 3 is 1.91 bits per heavy atom. The lowest BCUT2D eigenvalue weighted by molar-refractivity contribution is -0.132. The normalized spacial score (nSPS) is 14.9. The van der Waals surface area contributed by atoms with Gasteiger partial charge in [0.05, 0.1) is 12.6 Å². The van der Waals surface area contributed by atoms with E-state index in [1.54, 1.807) is 42.5 Å². The molecule has 54 heavy (non-hydrogen) atoms. The minimum atomic E-state index is -4.98. The van der Waals surface area contributed by atoms with Crippen LogP contribution in [0.2, 0.25) is 0 Å². The molecule has 0 saturated heterocycles. The molecule has 2 aromatic carbocycles. The molecule has 0 radical (unpaired) electrons. The summed E-state index contributed by atoms with van der Waals surface area (Å²) in [6, 6.07) is 13.8. The van der Waals surface area contributed by atoms with Crippen LogP contribution in [0.5, 0.6) is 0 Å². The van der Waals surface area contributed by atoms with Crippen LogP contribution in [-0.4, -0.2) is 89.6 Å². The van der Waals surface area contributed by atoms with Crippen molar-refractivity contribution in [1.82, 2.24) is 26.6 Å². The first-order chi connectivity index (χ1) is 25.6. The molecule has 294 valence electrons. The number of nitrogens with one attached hydrogen (secondary N) is 5. The molecular formula is C36H51N8O9P. The number of amides is 5. The van der Waals surface area contributed by atoms with E-state index in [2.05, 4.69) is 31.6 Å². The van der Waals surface area contributed by atoms with Gasteiger partial charge in [0.2, 0.25) is 29.5 Å². The highest BCUT2D eigenvalue weighted by Crippen LogP contribution is 2.37. The molecule has 3 rings (SSSR count). The number of rotatable bonds is 21. The topological polar surface area (TPSA) is 277 Å². The fraction of sp³-hybridized carbons (Fsp3) is 0.444. The maximum absolute atomic E-state index is 14.0. The number of likely N-dealkylation sites (N-methyl/N-ethyl adjacent to an activating group) is 1. The summed E-state index contributed by atoms with van der Waals surface area (Å²) in [5.74, 6) is -2.74. The first-order valence-corrected chi connectivity index (χ1v) is 19.1. The first-order valence-electron chi connectivity index (χ1n) is 17.6. The zero-order chi connectivity index (χ0) is 39.7. The highest BCUT2D eigenvalue weighted by atomic mass is 31.2. The van der Waals surface area contributed by atoms with Crippen LogP contribution in [0.25, 0.3) is 0 Å². The van der Waals surface area contributed by atoms with Crippen molar-refractivity contribution >= 4 is 43.3 Å². The minimum Gasteiger partial charge on any atom is -0.370 e. The Hall–Kier alpha value is -5.09. The molecule has 5 amide bonds. The van der Waals surface area contributed by atoms with Gasteiger partial charge in [0.1, 0.15) is 18.1 Å². The quantitative estimate of drug-likeness (QED) is 0.0358. The number of hydrogen-bond acceptors (Lipinski definition) is 8. The van der Waals surface area contributed by atoms with Gasteiger partial charge in [0, 0.05) is 38.9 Å². The maximum Gasteiger partial charge on any atom is 0.469 e. The van der Waals surface area contributed by atoms with Crippen molar-refractivity contribution in [3.05, 3.63) is 82.9 Å². The van der Waals surface area contributed by atoms with Crippen LogP contribution in [0, 0.1) is 0 Å². The second kappa shape index (κ2) is 21.6. The Labute approximate surface area is 314 Å². The summed E-state index contributed by atoms with van der Waals surface area (Å²) in [7, 11) is -3.54. The van der Waals surface area contributed by atoms with E-state index >= 15 is 0 Å². The zero-order valence-electron chi connectivity index (χ0n) is 30.5. The molecule has 1 aliphatic carbocycles. The molecule has 0 spiro atoms. The van der Waals surface area contributed by atoms with Gasteiger partial charge >= 0.3 is 7.82 Å². The van der Waals surface area contributed by atoms with Gasteiger partial charge in [-0.3, -0.25) is 33.5 Å². The van der Waals surface area contributed by atoms with Gasteiger partial charge in [-0.15, -0.1) is 0 Å². The third-order valence-electron chi connectivity index (χ3n) is 8.60. The molecule has 11 N–H and O–H groups in total. The van der Waals surface area contributed by atoms with E-state index in [1.807, 2.05) is 18.2 Å². The number of benzene rings is 2. The number of nitrogens with two attached hydrogens (primary N) is 2. The maximum atomic E-state index is 14.0. The van der Waals surface area contributed by atoms with E-state index in [4.69, 9.17) is 16.0 Å². The van der Waals surface area contributed by atoms with E-state index < -0.39 is 68.1 Å². The standard InChI is InChI=1S/C36H51N8O9P/c1-23(45)41-30(19-24-11-5-3-6-12-24)35(49)44-31(20-25-13-7-4-8-14-25)34(48)42-27(22-53-54(50,51)52)21-26-15-9-16-28(26)32(46)43-29(33(47)39-2)17-10-18-40-36(37)38/h3-8,11-14,27,29-31H,9-10,15-22H2,1-2H3,(H,39,47)(H,41,45)(H,42,48)(H,43,46)(H,44,49)(H4,37,38,40)(H2,50,51,52)/t27-,29+,30+,31+/m1/s1. The van der Waals surface area contributed by atoms with Crippen LogP contribution >= 0.6 is 7.82 Å². The molecule has 4 atom stereocenters. The van der Waals surface area contributed by atoms with Crippen LogP contribution in [0.15, 0.2) is 76.8 Å². The zero-order valence-corrected chi connectivity index (χ0v) is 31.3. The van der Waals surface area contributed by atoms with E-state index in [9.17, 15) is 38.3 Å². The lowest BCUT2D eigenvalue weighted by Gasteiger charge is -2.26. The third kappa shape index (κ3) is 15.5. The number of carbonyl (C=O) groups excluding carboxylic acids is 5. The minimum absolute atomic E-state index is 0.0157. The third-order valence-corrected chi connectivity index (χ3v) is 9.08. The molecule has 0 fully saturated rings. The van der Waals surface area contributed by atoms with Gasteiger partial charge in [-0.2, -0.15) is 0 Å². The summed E-state index contributed by atoms with van der Waals surface area (Å²) in [5.41, 5.74) is 13.2. The first kappa shape index (κ1) is 43.3. The number of hydrogen-bond donors (Lipinski definition) is 9. The summed E-state index contributed by atoms with van der Waals surface area (Å²) in [4.78, 5) is 88.8. The van der Waals surface area contributed by atoms with E-state index in [1.165, 1.54) is 14.0 Å². The largest absolute Gasteiger partial charge is 0.469 e. The SMILES string of the molecule is CNC(=O)[C@H](CCCN=C(N)N)NC(=O)C1=C(C[C@H](COP(=O)(O)O)NC(=O)[C@H](Cc2ccccc2)NC(=O)[C@H](Cc2ccccc2)NC(C)=O)CCC1. The molecule has 0 aromatic heterocycles. The van der Waals surface area contributed by atoms with Gasteiger partial charge in [0.25, 0.3) is 0 Å². The Balaban J connectivity index is 1.86. The van der Waals surface area contributed by atoms with Crippen molar-refractivity contribution in [2.24, 2.45) is 16.5 Å². The Kier molecular flexibility index (Phi) is 17.3. The highest BCUT2D eigenvalue weighted by Gasteiger charge is 2.31. The molecule has 17 nitrogen and oxygen atoms in total. The molecule has 18 heteroatoms. The molecular weight excluding hydrogens is 719 g/mol. The summed E-state index contributed by atoms with van der Waals surface area (Å²) >= 11 is 0. The number of aliphatic imine (C=N–C) groups is 1. The van der Waals surface area contributed by atoms with Crippen molar-refractivity contribution in [1.29, 1.82) is 0 Å². The summed E-state index contributed by atoms with van der Waals surface area (Å²) in [6.07, 6.45) is 2.25. The lowest BCUT2D eigenvalue weighted by Crippen LogP contribution is -2.56. The van der Waals surface area contributed by atoms with E-state index in [-0.39, 0.29) is 38.2 Å². The molecule has 2 aromatic rings. The second-order valence-electron chi connectivity index (χ2n) is 12.9. The average Bonchev–Trinajstić information content (AvgIpc) is 3.59.